The molecular weight excluding hydrogens is 320 g/mol. The Morgan fingerprint density at radius 3 is 3.05 bits per heavy atom. The molecule has 0 radical (unpaired) electrons. The van der Waals surface area contributed by atoms with Crippen molar-refractivity contribution in [3.05, 3.63) is 53.3 Å². The van der Waals surface area contributed by atoms with E-state index in [0.29, 0.717) is 29.7 Å². The molecule has 0 unspecified atom stereocenters. The lowest BCUT2D eigenvalue weighted by molar-refractivity contribution is -0.116. The van der Waals surface area contributed by atoms with E-state index in [2.05, 4.69) is 4.98 Å². The summed E-state index contributed by atoms with van der Waals surface area (Å²) < 4.78 is 5.57. The number of hydrogen-bond donors (Lipinski definition) is 0. The van der Waals surface area contributed by atoms with Crippen LogP contribution in [0.3, 0.4) is 0 Å². The number of fused-ring (bicyclic) bond motifs is 1. The number of thioether (sulfide) groups is 1. The molecule has 6 heteroatoms. The summed E-state index contributed by atoms with van der Waals surface area (Å²) in [6.45, 7) is 1.02. The van der Waals surface area contributed by atoms with E-state index >= 15 is 0 Å². The number of anilines is 1. The average Bonchev–Trinajstić information content (AvgIpc) is 2.56. The molecule has 2 aromatic rings. The minimum absolute atomic E-state index is 0.0627. The fourth-order valence-corrected chi connectivity index (χ4v) is 3.31. The van der Waals surface area contributed by atoms with Gasteiger partial charge in [-0.25, -0.2) is 0 Å². The van der Waals surface area contributed by atoms with E-state index in [4.69, 9.17) is 16.3 Å². The predicted octanol–water partition coefficient (Wildman–Crippen LogP) is 3.39. The maximum atomic E-state index is 12.4. The quantitative estimate of drug-likeness (QED) is 0.859. The Morgan fingerprint density at radius 2 is 2.23 bits per heavy atom. The van der Waals surface area contributed by atoms with Gasteiger partial charge in [0.2, 0.25) is 5.91 Å². The Bertz CT molecular complexity index is 666. The lowest BCUT2D eigenvalue weighted by Gasteiger charge is -2.30. The van der Waals surface area contributed by atoms with Gasteiger partial charge in [0.05, 0.1) is 28.7 Å². The van der Waals surface area contributed by atoms with Gasteiger partial charge in [-0.3, -0.25) is 9.78 Å². The minimum atomic E-state index is 0.0627. The predicted molar refractivity (Wildman–Crippen MR) is 89.7 cm³/mol. The summed E-state index contributed by atoms with van der Waals surface area (Å²) in [5.41, 5.74) is 1.73. The molecule has 0 saturated heterocycles. The molecule has 1 aromatic carbocycles. The van der Waals surface area contributed by atoms with Crippen LogP contribution in [0.4, 0.5) is 5.69 Å². The van der Waals surface area contributed by atoms with Crippen molar-refractivity contribution < 1.29 is 9.53 Å². The number of carbonyl (C=O) groups is 1. The first kappa shape index (κ1) is 15.2. The fourth-order valence-electron chi connectivity index (χ4n) is 2.28. The third-order valence-corrected chi connectivity index (χ3v) is 4.55. The number of pyridine rings is 1. The Balaban J connectivity index is 1.63. The summed E-state index contributed by atoms with van der Waals surface area (Å²) in [5, 5.41) is 0.538. The fraction of sp³-hybridized carbons (Fsp3) is 0.250. The van der Waals surface area contributed by atoms with Crippen LogP contribution >= 0.6 is 23.4 Å². The van der Waals surface area contributed by atoms with Crippen LogP contribution in [0.1, 0.15) is 5.69 Å². The second kappa shape index (κ2) is 7.03. The van der Waals surface area contributed by atoms with Gasteiger partial charge in [0.15, 0.2) is 5.75 Å². The zero-order chi connectivity index (χ0) is 15.4. The number of hydrogen-bond acceptors (Lipinski definition) is 4. The first-order valence-electron chi connectivity index (χ1n) is 6.95. The SMILES string of the molecule is O=C(CSCc1ccccn1)N1CCOc2c(Cl)cccc21. The van der Waals surface area contributed by atoms with E-state index in [9.17, 15) is 4.79 Å². The third-order valence-electron chi connectivity index (χ3n) is 3.30. The van der Waals surface area contributed by atoms with Gasteiger partial charge in [0.25, 0.3) is 0 Å². The Morgan fingerprint density at radius 1 is 1.32 bits per heavy atom. The second-order valence-corrected chi connectivity index (χ2v) is 6.19. The lowest BCUT2D eigenvalue weighted by atomic mass is 10.2. The zero-order valence-electron chi connectivity index (χ0n) is 11.9. The highest BCUT2D eigenvalue weighted by atomic mass is 35.5. The van der Waals surface area contributed by atoms with Gasteiger partial charge in [-0.05, 0) is 24.3 Å². The van der Waals surface area contributed by atoms with E-state index in [1.807, 2.05) is 30.3 Å². The van der Waals surface area contributed by atoms with Gasteiger partial charge < -0.3 is 9.64 Å². The van der Waals surface area contributed by atoms with Crippen LogP contribution in [0.2, 0.25) is 5.02 Å². The minimum Gasteiger partial charge on any atom is -0.488 e. The standard InChI is InChI=1S/C16H15ClN2O2S/c17-13-5-3-6-14-16(13)21-9-8-19(14)15(20)11-22-10-12-4-1-2-7-18-12/h1-7H,8-11H2. The van der Waals surface area contributed by atoms with Crippen LogP contribution in [0.25, 0.3) is 0 Å². The van der Waals surface area contributed by atoms with Crippen LogP contribution in [0.15, 0.2) is 42.6 Å². The van der Waals surface area contributed by atoms with E-state index in [-0.39, 0.29) is 5.91 Å². The molecule has 114 valence electrons. The number of benzene rings is 1. The number of para-hydroxylation sites is 1. The molecule has 22 heavy (non-hydrogen) atoms. The van der Waals surface area contributed by atoms with Crippen molar-refractivity contribution in [2.75, 3.05) is 23.8 Å². The number of rotatable bonds is 4. The van der Waals surface area contributed by atoms with Crippen molar-refractivity contribution in [3.8, 4) is 5.75 Å². The van der Waals surface area contributed by atoms with Crippen LogP contribution in [-0.2, 0) is 10.5 Å². The summed E-state index contributed by atoms with van der Waals surface area (Å²) in [4.78, 5) is 18.4. The molecule has 0 fully saturated rings. The molecule has 0 N–H and O–H groups in total. The van der Waals surface area contributed by atoms with E-state index < -0.39 is 0 Å². The Labute approximate surface area is 138 Å². The first-order chi connectivity index (χ1) is 10.8. The summed E-state index contributed by atoms with van der Waals surface area (Å²) in [7, 11) is 0. The molecule has 4 nitrogen and oxygen atoms in total. The first-order valence-corrected chi connectivity index (χ1v) is 8.48. The van der Waals surface area contributed by atoms with Crippen molar-refractivity contribution >= 4 is 35.0 Å². The van der Waals surface area contributed by atoms with Crippen molar-refractivity contribution in [2.24, 2.45) is 0 Å². The zero-order valence-corrected chi connectivity index (χ0v) is 13.4. The maximum Gasteiger partial charge on any atom is 0.237 e. The number of amides is 1. The van der Waals surface area contributed by atoms with Gasteiger partial charge in [-0.2, -0.15) is 0 Å². The van der Waals surface area contributed by atoms with E-state index in [0.717, 1.165) is 17.1 Å². The molecule has 0 atom stereocenters. The van der Waals surface area contributed by atoms with Gasteiger partial charge in [0.1, 0.15) is 6.61 Å². The van der Waals surface area contributed by atoms with Crippen LogP contribution < -0.4 is 9.64 Å². The van der Waals surface area contributed by atoms with E-state index in [1.165, 1.54) is 0 Å². The summed E-state index contributed by atoms with van der Waals surface area (Å²) in [6.07, 6.45) is 1.76. The number of ether oxygens (including phenoxy) is 1. The van der Waals surface area contributed by atoms with E-state index in [1.54, 1.807) is 28.9 Å². The summed E-state index contributed by atoms with van der Waals surface area (Å²) in [6, 6.07) is 11.3. The normalized spacial score (nSPS) is 13.4. The molecule has 1 aliphatic heterocycles. The monoisotopic (exact) mass is 334 g/mol. The lowest BCUT2D eigenvalue weighted by Crippen LogP contribution is -2.39. The van der Waals surface area contributed by atoms with Gasteiger partial charge in [-0.1, -0.05) is 23.7 Å². The van der Waals surface area contributed by atoms with Crippen molar-refractivity contribution in [3.63, 3.8) is 0 Å². The van der Waals surface area contributed by atoms with Crippen LogP contribution in [0.5, 0.6) is 5.75 Å². The van der Waals surface area contributed by atoms with Gasteiger partial charge in [0, 0.05) is 11.9 Å². The molecule has 1 aliphatic rings. The molecule has 0 spiro atoms. The molecule has 2 heterocycles. The van der Waals surface area contributed by atoms with Gasteiger partial charge in [-0.15, -0.1) is 11.8 Å². The molecule has 3 rings (SSSR count). The molecule has 0 aliphatic carbocycles. The Kier molecular flexibility index (Phi) is 4.85. The number of aromatic nitrogens is 1. The number of halogens is 1. The number of nitrogens with zero attached hydrogens (tertiary/aromatic N) is 2. The summed E-state index contributed by atoms with van der Waals surface area (Å²) in [5.74, 6) is 1.79. The van der Waals surface area contributed by atoms with Gasteiger partial charge >= 0.3 is 0 Å². The third kappa shape index (κ3) is 3.36. The highest BCUT2D eigenvalue weighted by Gasteiger charge is 2.24. The van der Waals surface area contributed by atoms with Crippen molar-refractivity contribution in [1.82, 2.24) is 4.98 Å². The molecule has 0 bridgehead atoms. The molecule has 1 aromatic heterocycles. The van der Waals surface area contributed by atoms with Crippen LogP contribution in [0, 0.1) is 0 Å². The largest absolute Gasteiger partial charge is 0.488 e. The Hall–Kier alpha value is -1.72. The summed E-state index contributed by atoms with van der Waals surface area (Å²) >= 11 is 7.68. The number of carbonyl (C=O) groups excluding carboxylic acids is 1. The smallest absolute Gasteiger partial charge is 0.237 e. The van der Waals surface area contributed by atoms with Crippen molar-refractivity contribution in [2.45, 2.75) is 5.75 Å². The topological polar surface area (TPSA) is 42.4 Å². The molecule has 0 saturated carbocycles. The second-order valence-electron chi connectivity index (χ2n) is 4.80. The highest BCUT2D eigenvalue weighted by molar-refractivity contribution is 7.99. The maximum absolute atomic E-state index is 12.4. The molecular formula is C16H15ClN2O2S. The molecule has 1 amide bonds. The van der Waals surface area contributed by atoms with Crippen LogP contribution in [-0.4, -0.2) is 29.8 Å². The highest BCUT2D eigenvalue weighted by Crippen LogP contribution is 2.38. The van der Waals surface area contributed by atoms with Crippen molar-refractivity contribution in [1.29, 1.82) is 0 Å². The average molecular weight is 335 g/mol.